The second-order valence-electron chi connectivity index (χ2n) is 5.05. The Morgan fingerprint density at radius 2 is 1.74 bits per heavy atom. The smallest absolute Gasteiger partial charge is 0.404 e. The molecule has 1 aromatic heterocycles. The number of ether oxygens (including phenoxy) is 1. The molecule has 0 aliphatic carbocycles. The van der Waals surface area contributed by atoms with Crippen molar-refractivity contribution in [3.63, 3.8) is 0 Å². The van der Waals surface area contributed by atoms with Crippen LogP contribution in [0.15, 0.2) is 56.5 Å². The third-order valence-electron chi connectivity index (χ3n) is 3.26. The van der Waals surface area contributed by atoms with E-state index in [-0.39, 0.29) is 22.2 Å². The van der Waals surface area contributed by atoms with Crippen LogP contribution in [-0.4, -0.2) is 15.9 Å². The van der Waals surface area contributed by atoms with E-state index in [0.29, 0.717) is 4.57 Å². The molecule has 3 rings (SSSR count). The Labute approximate surface area is 158 Å². The van der Waals surface area contributed by atoms with Gasteiger partial charge in [-0.15, -0.1) is 13.2 Å². The zero-order chi connectivity index (χ0) is 19.8. The number of nitrogens with zero attached hydrogens (tertiary/aromatic N) is 2. The van der Waals surface area contributed by atoms with Gasteiger partial charge in [0.25, 0.3) is 0 Å². The molecule has 0 bridgehead atoms. The third kappa shape index (κ3) is 4.15. The largest absolute Gasteiger partial charge is 0.573 e. The average molecular weight is 419 g/mol. The van der Waals surface area contributed by atoms with Crippen LogP contribution in [0, 0.1) is 0 Å². The summed E-state index contributed by atoms with van der Waals surface area (Å²) in [6.07, 6.45) is -4.95. The predicted molar refractivity (Wildman–Crippen MR) is 90.5 cm³/mol. The highest BCUT2D eigenvalue weighted by atomic mass is 35.5. The van der Waals surface area contributed by atoms with Crippen molar-refractivity contribution in [2.24, 2.45) is 0 Å². The second-order valence-corrected chi connectivity index (χ2v) is 5.86. The van der Waals surface area contributed by atoms with E-state index in [9.17, 15) is 22.8 Å². The van der Waals surface area contributed by atoms with Gasteiger partial charge in [-0.3, -0.25) is 0 Å². The van der Waals surface area contributed by atoms with Crippen LogP contribution < -0.4 is 16.2 Å². The van der Waals surface area contributed by atoms with Crippen LogP contribution >= 0.6 is 23.2 Å². The van der Waals surface area contributed by atoms with Gasteiger partial charge in [-0.1, -0.05) is 35.3 Å². The Morgan fingerprint density at radius 3 is 2.33 bits per heavy atom. The van der Waals surface area contributed by atoms with Crippen molar-refractivity contribution >= 4 is 23.2 Å². The van der Waals surface area contributed by atoms with Crippen LogP contribution in [-0.2, 0) is 0 Å². The van der Waals surface area contributed by atoms with E-state index in [2.05, 4.69) is 9.72 Å². The summed E-state index contributed by atoms with van der Waals surface area (Å²) in [7, 11) is 0. The lowest BCUT2D eigenvalue weighted by atomic mass is 10.2. The Hall–Kier alpha value is -2.78. The molecule has 140 valence electrons. The van der Waals surface area contributed by atoms with Crippen molar-refractivity contribution < 1.29 is 22.3 Å². The molecular weight excluding hydrogens is 412 g/mol. The van der Waals surface area contributed by atoms with Crippen molar-refractivity contribution in [1.82, 2.24) is 9.55 Å². The SMILES string of the molecule is O=c1nc(-c2ccccc2Cl)oc(=O)n1-c1ccc(OC(F)(F)F)c(Cl)c1. The highest BCUT2D eigenvalue weighted by molar-refractivity contribution is 6.33. The normalized spacial score (nSPS) is 11.4. The molecular formula is C16H7Cl2F3N2O4. The number of hydrogen-bond acceptors (Lipinski definition) is 5. The molecule has 0 fully saturated rings. The fraction of sp³-hybridized carbons (Fsp3) is 0.0625. The summed E-state index contributed by atoms with van der Waals surface area (Å²) >= 11 is 11.7. The molecule has 1 heterocycles. The molecule has 0 saturated carbocycles. The molecule has 3 aromatic rings. The highest BCUT2D eigenvalue weighted by Gasteiger charge is 2.32. The number of rotatable bonds is 3. The van der Waals surface area contributed by atoms with Gasteiger partial charge in [0, 0.05) is 0 Å². The fourth-order valence-electron chi connectivity index (χ4n) is 2.17. The van der Waals surface area contributed by atoms with Gasteiger partial charge in [0.05, 0.1) is 21.3 Å². The summed E-state index contributed by atoms with van der Waals surface area (Å²) in [5, 5.41) is -0.256. The molecule has 0 amide bonds. The predicted octanol–water partition coefficient (Wildman–Crippen LogP) is 4.06. The minimum atomic E-state index is -4.95. The summed E-state index contributed by atoms with van der Waals surface area (Å²) in [5.41, 5.74) is -0.944. The van der Waals surface area contributed by atoms with Crippen LogP contribution in [0.4, 0.5) is 13.2 Å². The summed E-state index contributed by atoms with van der Waals surface area (Å²) in [4.78, 5) is 28.2. The van der Waals surface area contributed by atoms with E-state index < -0.39 is 28.6 Å². The minimum absolute atomic E-state index is 0.147. The molecule has 27 heavy (non-hydrogen) atoms. The second kappa shape index (κ2) is 7.09. The van der Waals surface area contributed by atoms with Crippen molar-refractivity contribution in [1.29, 1.82) is 0 Å². The lowest BCUT2D eigenvalue weighted by Gasteiger charge is -2.11. The number of halogens is 5. The first-order valence-corrected chi connectivity index (χ1v) is 7.86. The first kappa shape index (κ1) is 19.0. The monoisotopic (exact) mass is 418 g/mol. The summed E-state index contributed by atoms with van der Waals surface area (Å²) < 4.78 is 46.1. The molecule has 11 heteroatoms. The molecule has 0 atom stereocenters. The van der Waals surface area contributed by atoms with Crippen LogP contribution in [0.3, 0.4) is 0 Å². The van der Waals surface area contributed by atoms with Gasteiger partial charge in [-0.05, 0) is 30.3 Å². The lowest BCUT2D eigenvalue weighted by Crippen LogP contribution is -2.33. The maximum atomic E-state index is 12.3. The van der Waals surface area contributed by atoms with Gasteiger partial charge in [-0.25, -0.2) is 9.59 Å². The van der Waals surface area contributed by atoms with Gasteiger partial charge in [0.2, 0.25) is 5.89 Å². The van der Waals surface area contributed by atoms with Gasteiger partial charge in [0.15, 0.2) is 0 Å². The number of alkyl halides is 3. The molecule has 6 nitrogen and oxygen atoms in total. The Bertz CT molecular complexity index is 1090. The molecule has 0 saturated heterocycles. The van der Waals surface area contributed by atoms with Crippen LogP contribution in [0.25, 0.3) is 17.1 Å². The van der Waals surface area contributed by atoms with Gasteiger partial charge in [0.1, 0.15) is 5.75 Å². The van der Waals surface area contributed by atoms with E-state index in [1.54, 1.807) is 12.1 Å². The van der Waals surface area contributed by atoms with E-state index in [1.807, 2.05) is 0 Å². The fourth-order valence-corrected chi connectivity index (χ4v) is 2.60. The summed E-state index contributed by atoms with van der Waals surface area (Å²) in [6.45, 7) is 0. The van der Waals surface area contributed by atoms with Crippen molar-refractivity contribution in [2.75, 3.05) is 0 Å². The standard InChI is InChI=1S/C16H7Cl2F3N2O4/c17-10-4-2-1-3-9(10)13-22-14(24)23(15(25)26-13)8-5-6-12(11(18)7-8)27-16(19,20)21/h1-7H. The number of aromatic nitrogens is 2. The van der Waals surface area contributed by atoms with Gasteiger partial charge < -0.3 is 9.15 Å². The van der Waals surface area contributed by atoms with E-state index in [0.717, 1.165) is 18.2 Å². The van der Waals surface area contributed by atoms with Crippen LogP contribution in [0.5, 0.6) is 5.75 Å². The maximum Gasteiger partial charge on any atom is 0.573 e. The zero-order valence-electron chi connectivity index (χ0n) is 13.0. The Morgan fingerprint density at radius 1 is 1.04 bits per heavy atom. The van der Waals surface area contributed by atoms with Crippen LogP contribution in [0.2, 0.25) is 10.0 Å². The summed E-state index contributed by atoms with van der Waals surface area (Å²) in [5.74, 6) is -2.11. The molecule has 0 aliphatic rings. The topological polar surface area (TPSA) is 74.3 Å². The first-order valence-electron chi connectivity index (χ1n) is 7.10. The average Bonchev–Trinajstić information content (AvgIpc) is 2.56. The zero-order valence-corrected chi connectivity index (χ0v) is 14.5. The van der Waals surface area contributed by atoms with Crippen molar-refractivity contribution in [3.05, 3.63) is 73.5 Å². The van der Waals surface area contributed by atoms with Crippen LogP contribution in [0.1, 0.15) is 0 Å². The molecule has 0 unspecified atom stereocenters. The lowest BCUT2D eigenvalue weighted by molar-refractivity contribution is -0.274. The third-order valence-corrected chi connectivity index (χ3v) is 3.88. The number of hydrogen-bond donors (Lipinski definition) is 0. The summed E-state index contributed by atoms with van der Waals surface area (Å²) in [6, 6.07) is 9.09. The highest BCUT2D eigenvalue weighted by Crippen LogP contribution is 2.31. The van der Waals surface area contributed by atoms with Crippen molar-refractivity contribution in [2.45, 2.75) is 6.36 Å². The minimum Gasteiger partial charge on any atom is -0.404 e. The van der Waals surface area contributed by atoms with Crippen molar-refractivity contribution in [3.8, 4) is 22.9 Å². The van der Waals surface area contributed by atoms with E-state index >= 15 is 0 Å². The quantitative estimate of drug-likeness (QED) is 0.641. The number of benzene rings is 2. The molecule has 0 radical (unpaired) electrons. The van der Waals surface area contributed by atoms with Gasteiger partial charge in [-0.2, -0.15) is 9.55 Å². The molecule has 2 aromatic carbocycles. The maximum absolute atomic E-state index is 12.3. The first-order chi connectivity index (χ1) is 12.7. The van der Waals surface area contributed by atoms with E-state index in [1.165, 1.54) is 12.1 Å². The molecule has 0 spiro atoms. The molecule has 0 N–H and O–H groups in total. The Balaban J connectivity index is 2.06. The molecule has 0 aliphatic heterocycles. The van der Waals surface area contributed by atoms with Gasteiger partial charge >= 0.3 is 17.8 Å². The van der Waals surface area contributed by atoms with E-state index in [4.69, 9.17) is 27.6 Å². The Kier molecular flexibility index (Phi) is 4.99.